The lowest BCUT2D eigenvalue weighted by Gasteiger charge is -2.34. The number of para-hydroxylation sites is 1. The van der Waals surface area contributed by atoms with Crippen LogP contribution >= 0.6 is 22.7 Å². The zero-order valence-electron chi connectivity index (χ0n) is 15.6. The SMILES string of the molecule is O=C(c1ccc(COc2ccccc2)o1)N1CCc2sccc2[C@@H]1c1cccs1. The second kappa shape index (κ2) is 7.89. The van der Waals surface area contributed by atoms with Crippen molar-refractivity contribution in [2.24, 2.45) is 0 Å². The van der Waals surface area contributed by atoms with E-state index in [0.717, 1.165) is 12.2 Å². The molecule has 0 unspecified atom stereocenters. The molecule has 29 heavy (non-hydrogen) atoms. The molecule has 0 saturated carbocycles. The van der Waals surface area contributed by atoms with Crippen LogP contribution in [0.25, 0.3) is 0 Å². The monoisotopic (exact) mass is 421 g/mol. The van der Waals surface area contributed by atoms with E-state index in [9.17, 15) is 4.79 Å². The van der Waals surface area contributed by atoms with Gasteiger partial charge in [0, 0.05) is 16.3 Å². The minimum atomic E-state index is -0.0776. The van der Waals surface area contributed by atoms with Crippen LogP contribution in [-0.2, 0) is 13.0 Å². The lowest BCUT2D eigenvalue weighted by molar-refractivity contribution is 0.0662. The van der Waals surface area contributed by atoms with Gasteiger partial charge in [-0.25, -0.2) is 0 Å². The molecular weight excluding hydrogens is 402 g/mol. The smallest absolute Gasteiger partial charge is 0.290 e. The highest BCUT2D eigenvalue weighted by molar-refractivity contribution is 7.10. The molecule has 6 heteroatoms. The Kier molecular flexibility index (Phi) is 4.96. The van der Waals surface area contributed by atoms with E-state index in [0.29, 0.717) is 24.7 Å². The number of fused-ring (bicyclic) bond motifs is 1. The summed E-state index contributed by atoms with van der Waals surface area (Å²) in [4.78, 5) is 17.8. The molecule has 146 valence electrons. The summed E-state index contributed by atoms with van der Waals surface area (Å²) in [6.45, 7) is 0.978. The Labute approximate surface area is 177 Å². The fraction of sp³-hybridized carbons (Fsp3) is 0.174. The maximum Gasteiger partial charge on any atom is 0.290 e. The Morgan fingerprint density at radius 3 is 2.76 bits per heavy atom. The Morgan fingerprint density at radius 2 is 1.93 bits per heavy atom. The third-order valence-corrected chi connectivity index (χ3v) is 6.96. The van der Waals surface area contributed by atoms with E-state index < -0.39 is 0 Å². The molecule has 0 bridgehead atoms. The van der Waals surface area contributed by atoms with Gasteiger partial charge in [0.1, 0.15) is 18.1 Å². The molecule has 0 aliphatic carbocycles. The molecule has 0 radical (unpaired) electrons. The van der Waals surface area contributed by atoms with Crippen LogP contribution in [0.5, 0.6) is 5.75 Å². The van der Waals surface area contributed by atoms with E-state index in [1.54, 1.807) is 28.7 Å². The summed E-state index contributed by atoms with van der Waals surface area (Å²) in [5.74, 6) is 1.69. The van der Waals surface area contributed by atoms with Gasteiger partial charge in [-0.05, 0) is 59.1 Å². The van der Waals surface area contributed by atoms with Crippen LogP contribution < -0.4 is 4.74 Å². The Morgan fingerprint density at radius 1 is 1.03 bits per heavy atom. The highest BCUT2D eigenvalue weighted by atomic mass is 32.1. The van der Waals surface area contributed by atoms with Crippen LogP contribution in [0.1, 0.15) is 37.7 Å². The highest BCUT2D eigenvalue weighted by Gasteiger charge is 2.35. The lowest BCUT2D eigenvalue weighted by Crippen LogP contribution is -2.39. The van der Waals surface area contributed by atoms with Gasteiger partial charge in [-0.15, -0.1) is 22.7 Å². The maximum atomic E-state index is 13.3. The number of rotatable bonds is 5. The van der Waals surface area contributed by atoms with Crippen molar-refractivity contribution in [2.75, 3.05) is 6.54 Å². The molecule has 0 N–H and O–H groups in total. The first kappa shape index (κ1) is 18.2. The van der Waals surface area contributed by atoms with Gasteiger partial charge < -0.3 is 14.1 Å². The van der Waals surface area contributed by atoms with Gasteiger partial charge in [0.2, 0.25) is 0 Å². The molecule has 1 atom stereocenters. The van der Waals surface area contributed by atoms with Gasteiger partial charge in [-0.1, -0.05) is 24.3 Å². The number of hydrogen-bond acceptors (Lipinski definition) is 5. The second-order valence-corrected chi connectivity index (χ2v) is 8.81. The van der Waals surface area contributed by atoms with Gasteiger partial charge >= 0.3 is 0 Å². The molecule has 4 nitrogen and oxygen atoms in total. The number of hydrogen-bond donors (Lipinski definition) is 0. The predicted octanol–water partition coefficient (Wildman–Crippen LogP) is 5.77. The van der Waals surface area contributed by atoms with E-state index in [1.165, 1.54) is 15.3 Å². The number of thiophene rings is 2. The molecule has 4 aromatic rings. The van der Waals surface area contributed by atoms with Crippen molar-refractivity contribution in [2.45, 2.75) is 19.1 Å². The largest absolute Gasteiger partial charge is 0.486 e. The van der Waals surface area contributed by atoms with Crippen molar-refractivity contribution >= 4 is 28.6 Å². The van der Waals surface area contributed by atoms with Crippen molar-refractivity contribution in [3.8, 4) is 5.75 Å². The van der Waals surface area contributed by atoms with Crippen molar-refractivity contribution in [3.05, 3.63) is 98.3 Å². The van der Waals surface area contributed by atoms with Crippen molar-refractivity contribution in [1.29, 1.82) is 0 Å². The summed E-state index contributed by atoms with van der Waals surface area (Å²) < 4.78 is 11.6. The molecule has 0 spiro atoms. The van der Waals surface area contributed by atoms with Gasteiger partial charge in [0.15, 0.2) is 5.76 Å². The van der Waals surface area contributed by atoms with Crippen LogP contribution in [0.4, 0.5) is 0 Å². The van der Waals surface area contributed by atoms with Gasteiger partial charge in [-0.3, -0.25) is 4.79 Å². The minimum absolute atomic E-state index is 0.0494. The molecule has 0 saturated heterocycles. The number of nitrogens with zero attached hydrogens (tertiary/aromatic N) is 1. The fourth-order valence-electron chi connectivity index (χ4n) is 3.67. The lowest BCUT2D eigenvalue weighted by atomic mass is 9.98. The molecule has 3 aromatic heterocycles. The normalized spacial score (nSPS) is 15.9. The maximum absolute atomic E-state index is 13.3. The summed E-state index contributed by atoms with van der Waals surface area (Å²) in [6.07, 6.45) is 0.880. The average Bonchev–Trinajstić information content (AvgIpc) is 3.53. The number of amides is 1. The number of carbonyl (C=O) groups excluding carboxylic acids is 1. The zero-order valence-corrected chi connectivity index (χ0v) is 17.2. The zero-order chi connectivity index (χ0) is 19.6. The van der Waals surface area contributed by atoms with Crippen LogP contribution in [0.2, 0.25) is 0 Å². The standard InChI is InChI=1S/C23H19NO3S2/c25-23(19-9-8-17(27-19)15-26-16-5-2-1-3-6-16)24-12-10-20-18(11-14-29-20)22(24)21-7-4-13-28-21/h1-9,11,13-14,22H,10,12,15H2/t22-/m1/s1. The van der Waals surface area contributed by atoms with Crippen molar-refractivity contribution in [1.82, 2.24) is 4.90 Å². The first-order valence-corrected chi connectivity index (χ1v) is 11.2. The summed E-state index contributed by atoms with van der Waals surface area (Å²) in [5, 5.41) is 4.18. The van der Waals surface area contributed by atoms with Crippen LogP contribution in [0.15, 0.2) is 75.8 Å². The molecule has 0 fully saturated rings. The van der Waals surface area contributed by atoms with E-state index >= 15 is 0 Å². The van der Waals surface area contributed by atoms with Crippen LogP contribution in [0, 0.1) is 0 Å². The summed E-state index contributed by atoms with van der Waals surface area (Å²) in [6, 6.07) is 19.4. The van der Waals surface area contributed by atoms with E-state index in [1.807, 2.05) is 47.4 Å². The quantitative estimate of drug-likeness (QED) is 0.411. The van der Waals surface area contributed by atoms with Crippen LogP contribution in [-0.4, -0.2) is 17.4 Å². The highest BCUT2D eigenvalue weighted by Crippen LogP contribution is 2.40. The molecule has 5 rings (SSSR count). The summed E-state index contributed by atoms with van der Waals surface area (Å²) in [7, 11) is 0. The predicted molar refractivity (Wildman–Crippen MR) is 115 cm³/mol. The molecule has 1 aliphatic rings. The van der Waals surface area contributed by atoms with E-state index in [-0.39, 0.29) is 11.9 Å². The summed E-state index contributed by atoms with van der Waals surface area (Å²) in [5.41, 5.74) is 1.23. The van der Waals surface area contributed by atoms with E-state index in [2.05, 4.69) is 22.9 Å². The van der Waals surface area contributed by atoms with Crippen LogP contribution in [0.3, 0.4) is 0 Å². The van der Waals surface area contributed by atoms with Crippen molar-refractivity contribution < 1.29 is 13.9 Å². The number of ether oxygens (including phenoxy) is 1. The average molecular weight is 422 g/mol. The molecule has 1 aromatic carbocycles. The Bertz CT molecular complexity index is 1100. The molecule has 1 aliphatic heterocycles. The Hall–Kier alpha value is -2.83. The van der Waals surface area contributed by atoms with Crippen molar-refractivity contribution in [3.63, 3.8) is 0 Å². The number of furan rings is 1. The number of carbonyl (C=O) groups is 1. The van der Waals surface area contributed by atoms with Gasteiger partial charge in [0.25, 0.3) is 5.91 Å². The summed E-state index contributed by atoms with van der Waals surface area (Å²) >= 11 is 3.46. The minimum Gasteiger partial charge on any atom is -0.486 e. The van der Waals surface area contributed by atoms with Gasteiger partial charge in [0.05, 0.1) is 6.04 Å². The molecular formula is C23H19NO3S2. The fourth-order valence-corrected chi connectivity index (χ4v) is 5.43. The first-order valence-electron chi connectivity index (χ1n) is 9.47. The second-order valence-electron chi connectivity index (χ2n) is 6.83. The Balaban J connectivity index is 1.37. The van der Waals surface area contributed by atoms with E-state index in [4.69, 9.17) is 9.15 Å². The third-order valence-electron chi connectivity index (χ3n) is 5.04. The molecule has 1 amide bonds. The third kappa shape index (κ3) is 3.61. The first-order chi connectivity index (χ1) is 14.3. The number of benzene rings is 1. The van der Waals surface area contributed by atoms with Gasteiger partial charge in [-0.2, -0.15) is 0 Å². The molecule has 4 heterocycles. The topological polar surface area (TPSA) is 42.7 Å².